The van der Waals surface area contributed by atoms with Gasteiger partial charge >= 0.3 is 5.97 Å². The SMILES string of the molecule is CCOC(=O)c1c(NC(=O)COc2c(-c3ccccc3)oc3cc(C)c(Cl)cc3c2=O)sc2c1CCC(C)C2. The topological polar surface area (TPSA) is 94.8 Å². The molecule has 1 unspecified atom stereocenters. The summed E-state index contributed by atoms with van der Waals surface area (Å²) in [4.78, 5) is 40.5. The molecule has 0 radical (unpaired) electrons. The number of benzene rings is 2. The van der Waals surface area contributed by atoms with Gasteiger partial charge in [-0.15, -0.1) is 11.3 Å². The summed E-state index contributed by atoms with van der Waals surface area (Å²) in [5, 5.41) is 3.95. The van der Waals surface area contributed by atoms with E-state index in [-0.39, 0.29) is 23.5 Å². The molecule has 1 atom stereocenters. The third-order valence-corrected chi connectivity index (χ3v) is 8.33. The first-order chi connectivity index (χ1) is 18.8. The summed E-state index contributed by atoms with van der Waals surface area (Å²) in [7, 11) is 0. The zero-order chi connectivity index (χ0) is 27.7. The monoisotopic (exact) mass is 565 g/mol. The molecule has 9 heteroatoms. The van der Waals surface area contributed by atoms with E-state index >= 15 is 0 Å². The van der Waals surface area contributed by atoms with Gasteiger partial charge < -0.3 is 19.2 Å². The van der Waals surface area contributed by atoms with Crippen molar-refractivity contribution in [3.05, 3.63) is 79.3 Å². The molecule has 2 aromatic carbocycles. The number of ether oxygens (including phenoxy) is 2. The zero-order valence-corrected chi connectivity index (χ0v) is 23.5. The van der Waals surface area contributed by atoms with Crippen molar-refractivity contribution in [2.75, 3.05) is 18.5 Å². The number of rotatable bonds is 7. The van der Waals surface area contributed by atoms with E-state index in [0.717, 1.165) is 35.3 Å². The molecule has 1 amide bonds. The van der Waals surface area contributed by atoms with Crippen LogP contribution in [0.1, 0.15) is 46.6 Å². The molecule has 2 heterocycles. The molecular weight excluding hydrogens is 538 g/mol. The molecule has 7 nitrogen and oxygen atoms in total. The van der Waals surface area contributed by atoms with E-state index in [1.807, 2.05) is 25.1 Å². The van der Waals surface area contributed by atoms with Crippen molar-refractivity contribution >= 4 is 50.8 Å². The van der Waals surface area contributed by atoms with Crippen molar-refractivity contribution in [2.24, 2.45) is 5.92 Å². The maximum absolute atomic E-state index is 13.5. The van der Waals surface area contributed by atoms with Crippen molar-refractivity contribution in [1.82, 2.24) is 0 Å². The van der Waals surface area contributed by atoms with Crippen molar-refractivity contribution < 1.29 is 23.5 Å². The Morgan fingerprint density at radius 3 is 2.72 bits per heavy atom. The van der Waals surface area contributed by atoms with E-state index < -0.39 is 23.9 Å². The summed E-state index contributed by atoms with van der Waals surface area (Å²) in [6, 6.07) is 12.3. The number of hydrogen-bond donors (Lipinski definition) is 1. The number of hydrogen-bond acceptors (Lipinski definition) is 7. The van der Waals surface area contributed by atoms with Gasteiger partial charge in [-0.2, -0.15) is 0 Å². The van der Waals surface area contributed by atoms with Crippen LogP contribution >= 0.6 is 22.9 Å². The quantitative estimate of drug-likeness (QED) is 0.248. The van der Waals surface area contributed by atoms with Crippen LogP contribution in [0.25, 0.3) is 22.3 Å². The number of esters is 1. The molecular formula is C30H28ClNO6S. The van der Waals surface area contributed by atoms with Crippen LogP contribution in [0.3, 0.4) is 0 Å². The van der Waals surface area contributed by atoms with Crippen LogP contribution in [-0.2, 0) is 22.4 Å². The zero-order valence-electron chi connectivity index (χ0n) is 21.9. The fourth-order valence-corrected chi connectivity index (χ4v) is 6.35. The van der Waals surface area contributed by atoms with Crippen molar-refractivity contribution in [3.63, 3.8) is 0 Å². The predicted octanol–water partition coefficient (Wildman–Crippen LogP) is 6.80. The molecule has 5 rings (SSSR count). The highest BCUT2D eigenvalue weighted by molar-refractivity contribution is 7.17. The molecule has 2 aromatic heterocycles. The standard InChI is InChI=1S/C30H28ClNO6S/c1-4-36-30(35)25-19-11-10-16(2)12-23(19)39-29(25)32-24(33)15-37-28-26(34)20-14-21(31)17(3)13-22(20)38-27(28)18-8-6-5-7-9-18/h5-9,13-14,16H,4,10-12,15H2,1-3H3,(H,32,33). The first-order valence-electron chi connectivity index (χ1n) is 12.8. The molecule has 0 fully saturated rings. The van der Waals surface area contributed by atoms with Crippen LogP contribution in [0.2, 0.25) is 5.02 Å². The Bertz CT molecular complexity index is 1620. The summed E-state index contributed by atoms with van der Waals surface area (Å²) in [6.45, 7) is 5.52. The Kier molecular flexibility index (Phi) is 7.77. The Balaban J connectivity index is 1.46. The summed E-state index contributed by atoms with van der Waals surface area (Å²) >= 11 is 7.67. The molecule has 202 valence electrons. The normalized spacial score (nSPS) is 14.6. The average molecular weight is 566 g/mol. The maximum Gasteiger partial charge on any atom is 0.341 e. The van der Waals surface area contributed by atoms with E-state index in [2.05, 4.69) is 12.2 Å². The smallest absolute Gasteiger partial charge is 0.341 e. The highest BCUT2D eigenvalue weighted by Gasteiger charge is 2.29. The molecule has 1 aliphatic rings. The Labute approximate surface area is 234 Å². The second-order valence-corrected chi connectivity index (χ2v) is 11.2. The Morgan fingerprint density at radius 2 is 1.97 bits per heavy atom. The maximum atomic E-state index is 13.5. The van der Waals surface area contributed by atoms with Gasteiger partial charge in [0.05, 0.1) is 17.6 Å². The van der Waals surface area contributed by atoms with Crippen LogP contribution in [0.5, 0.6) is 5.75 Å². The molecule has 39 heavy (non-hydrogen) atoms. The lowest BCUT2D eigenvalue weighted by atomic mass is 9.88. The minimum absolute atomic E-state index is 0.0892. The van der Waals surface area contributed by atoms with E-state index in [0.29, 0.717) is 32.7 Å². The van der Waals surface area contributed by atoms with Gasteiger partial charge in [-0.3, -0.25) is 9.59 Å². The molecule has 1 N–H and O–H groups in total. The minimum Gasteiger partial charge on any atom is -0.476 e. The number of amides is 1. The molecule has 0 aliphatic heterocycles. The highest BCUT2D eigenvalue weighted by Crippen LogP contribution is 2.40. The van der Waals surface area contributed by atoms with Crippen LogP contribution in [0.4, 0.5) is 5.00 Å². The van der Waals surface area contributed by atoms with Crippen molar-refractivity contribution in [1.29, 1.82) is 0 Å². The summed E-state index contributed by atoms with van der Waals surface area (Å²) in [5.41, 5.74) is 2.69. The molecule has 0 bridgehead atoms. The molecule has 0 saturated heterocycles. The van der Waals surface area contributed by atoms with E-state index in [1.54, 1.807) is 31.2 Å². The number of fused-ring (bicyclic) bond motifs is 2. The fourth-order valence-electron chi connectivity index (χ4n) is 4.77. The highest BCUT2D eigenvalue weighted by atomic mass is 35.5. The number of thiophene rings is 1. The number of aryl methyl sites for hydroxylation is 1. The third kappa shape index (κ3) is 5.44. The number of anilines is 1. The number of carbonyl (C=O) groups is 2. The van der Waals surface area contributed by atoms with Gasteiger partial charge in [-0.1, -0.05) is 48.9 Å². The van der Waals surface area contributed by atoms with Crippen LogP contribution in [-0.4, -0.2) is 25.1 Å². The van der Waals surface area contributed by atoms with Crippen LogP contribution < -0.4 is 15.5 Å². The minimum atomic E-state index is -0.507. The van der Waals surface area contributed by atoms with Crippen LogP contribution in [0, 0.1) is 12.8 Å². The second kappa shape index (κ2) is 11.2. The first kappa shape index (κ1) is 27.0. The lowest BCUT2D eigenvalue weighted by Crippen LogP contribution is -2.23. The summed E-state index contributed by atoms with van der Waals surface area (Å²) in [6.07, 6.45) is 2.57. The van der Waals surface area contributed by atoms with Gasteiger partial charge in [0.25, 0.3) is 5.91 Å². The number of carbonyl (C=O) groups excluding carboxylic acids is 2. The first-order valence-corrected chi connectivity index (χ1v) is 14.0. The Hall–Kier alpha value is -3.62. The van der Waals surface area contributed by atoms with Gasteiger partial charge in [-0.05, 0) is 62.3 Å². The fraction of sp³-hybridized carbons (Fsp3) is 0.300. The molecule has 0 spiro atoms. The van der Waals surface area contributed by atoms with Gasteiger partial charge in [0.1, 0.15) is 10.6 Å². The lowest BCUT2D eigenvalue weighted by Gasteiger charge is -2.18. The third-order valence-electron chi connectivity index (χ3n) is 6.76. The number of halogens is 1. The van der Waals surface area contributed by atoms with Gasteiger partial charge in [0.2, 0.25) is 11.2 Å². The summed E-state index contributed by atoms with van der Waals surface area (Å²) in [5.74, 6) is -0.329. The Morgan fingerprint density at radius 1 is 1.21 bits per heavy atom. The predicted molar refractivity (Wildman–Crippen MR) is 153 cm³/mol. The van der Waals surface area contributed by atoms with Crippen molar-refractivity contribution in [3.8, 4) is 17.1 Å². The van der Waals surface area contributed by atoms with Gasteiger partial charge in [0.15, 0.2) is 12.4 Å². The molecule has 0 saturated carbocycles. The molecule has 4 aromatic rings. The van der Waals surface area contributed by atoms with Crippen LogP contribution in [0.15, 0.2) is 51.7 Å². The van der Waals surface area contributed by atoms with E-state index in [9.17, 15) is 14.4 Å². The molecule has 1 aliphatic carbocycles. The van der Waals surface area contributed by atoms with Gasteiger partial charge in [0, 0.05) is 15.5 Å². The largest absolute Gasteiger partial charge is 0.476 e. The summed E-state index contributed by atoms with van der Waals surface area (Å²) < 4.78 is 17.2. The van der Waals surface area contributed by atoms with Gasteiger partial charge in [-0.25, -0.2) is 4.79 Å². The second-order valence-electron chi connectivity index (χ2n) is 9.67. The van der Waals surface area contributed by atoms with E-state index in [1.165, 1.54) is 11.3 Å². The number of nitrogens with one attached hydrogen (secondary N) is 1. The average Bonchev–Trinajstić information content (AvgIpc) is 3.26. The van der Waals surface area contributed by atoms with Crippen molar-refractivity contribution in [2.45, 2.75) is 40.0 Å². The lowest BCUT2D eigenvalue weighted by molar-refractivity contribution is -0.118. The van der Waals surface area contributed by atoms with E-state index in [4.69, 9.17) is 25.5 Å².